The second-order valence-corrected chi connectivity index (χ2v) is 4.47. The lowest BCUT2D eigenvalue weighted by atomic mass is 10.1. The summed E-state index contributed by atoms with van der Waals surface area (Å²) >= 11 is 0. The van der Waals surface area contributed by atoms with Gasteiger partial charge in [-0.1, -0.05) is 17.3 Å². The lowest BCUT2D eigenvalue weighted by molar-refractivity contribution is -0.121. The molecule has 1 aromatic heterocycles. The normalized spacial score (nSPS) is 10.3. The fraction of sp³-hybridized carbons (Fsp3) is 0.385. The van der Waals surface area contributed by atoms with Crippen LogP contribution in [0.3, 0.4) is 0 Å². The number of benzene rings is 1. The number of carbonyl (C=O) groups is 1. The van der Waals surface area contributed by atoms with Gasteiger partial charge < -0.3 is 10.1 Å². The molecule has 0 fully saturated rings. The lowest BCUT2D eigenvalue weighted by Crippen LogP contribution is -2.25. The molecule has 0 radical (unpaired) electrons. The van der Waals surface area contributed by atoms with Gasteiger partial charge in [0.05, 0.1) is 19.6 Å². The first-order valence-corrected chi connectivity index (χ1v) is 6.34. The molecule has 1 amide bonds. The quantitative estimate of drug-likeness (QED) is 0.817. The average molecular weight is 275 g/mol. The van der Waals surface area contributed by atoms with Crippen LogP contribution >= 0.6 is 0 Å². The highest BCUT2D eigenvalue weighted by Crippen LogP contribution is 2.19. The first kappa shape index (κ1) is 14.0. The van der Waals surface area contributed by atoms with Crippen LogP contribution in [0.5, 0.6) is 5.75 Å². The Bertz CT molecular complexity index is 568. The smallest absolute Gasteiger partial charge is 0.223 e. The number of aryl methyl sites for hydroxylation is 2. The second-order valence-electron chi connectivity index (χ2n) is 4.47. The summed E-state index contributed by atoms with van der Waals surface area (Å²) in [7, 11) is 0. The van der Waals surface area contributed by atoms with Crippen molar-refractivity contribution in [3.8, 4) is 5.75 Å². The molecule has 0 spiro atoms. The molecular weight excluding hydrogens is 258 g/mol. The molecule has 0 unspecified atom stereocenters. The maximum Gasteiger partial charge on any atom is 0.223 e. The van der Waals surface area contributed by atoms with Crippen molar-refractivity contribution < 1.29 is 9.53 Å². The van der Waals surface area contributed by atoms with Crippen LogP contribution in [0.25, 0.3) is 0 Å². The van der Waals surface area contributed by atoms with Crippen LogP contribution in [0.4, 0.5) is 0 Å². The maximum atomic E-state index is 11.6. The van der Waals surface area contributed by atoms with E-state index in [4.69, 9.17) is 4.74 Å². The number of hydrogen-bond donors (Lipinski definition) is 2. The Morgan fingerprint density at radius 1 is 1.40 bits per heavy atom. The Kier molecular flexibility index (Phi) is 4.65. The van der Waals surface area contributed by atoms with Crippen molar-refractivity contribution >= 4 is 5.91 Å². The van der Waals surface area contributed by atoms with Crippen molar-refractivity contribution in [1.29, 1.82) is 0 Å². The van der Waals surface area contributed by atoms with E-state index >= 15 is 0 Å². The molecule has 106 valence electrons. The van der Waals surface area contributed by atoms with Crippen LogP contribution in [0, 0.1) is 13.8 Å². The molecule has 0 saturated heterocycles. The number of aromatic amines is 1. The van der Waals surface area contributed by atoms with E-state index in [-0.39, 0.29) is 18.9 Å². The van der Waals surface area contributed by atoms with Gasteiger partial charge in [0.15, 0.2) is 5.82 Å². The van der Waals surface area contributed by atoms with Crippen LogP contribution in [0.1, 0.15) is 23.4 Å². The number of nitrogens with one attached hydrogen (secondary N) is 2. The summed E-state index contributed by atoms with van der Waals surface area (Å²) in [5.41, 5.74) is 2.19. The minimum atomic E-state index is -0.111. The van der Waals surface area contributed by atoms with Gasteiger partial charge in [0.1, 0.15) is 5.75 Å². The molecule has 0 atom stereocenters. The van der Waals surface area contributed by atoms with Crippen molar-refractivity contribution in [2.24, 2.45) is 0 Å². The summed E-state index contributed by atoms with van der Waals surface area (Å²) in [4.78, 5) is 11.6. The van der Waals surface area contributed by atoms with Gasteiger partial charge in [-0.2, -0.15) is 5.21 Å². The van der Waals surface area contributed by atoms with Gasteiger partial charge in [-0.05, 0) is 31.0 Å². The Morgan fingerprint density at radius 3 is 3.00 bits per heavy atom. The number of hydrogen-bond acceptors (Lipinski definition) is 5. The number of amides is 1. The van der Waals surface area contributed by atoms with Gasteiger partial charge in [-0.25, -0.2) is 0 Å². The number of H-pyrrole nitrogens is 1. The predicted octanol–water partition coefficient (Wildman–Crippen LogP) is 0.902. The van der Waals surface area contributed by atoms with Gasteiger partial charge in [0.25, 0.3) is 0 Å². The SMILES string of the molecule is Cc1ccc(C)c(OCCC(=O)NCc2nn[nH]n2)c1. The highest BCUT2D eigenvalue weighted by molar-refractivity contribution is 5.75. The summed E-state index contributed by atoms with van der Waals surface area (Å²) in [6, 6.07) is 5.99. The summed E-state index contributed by atoms with van der Waals surface area (Å²) in [6.45, 7) is 4.58. The van der Waals surface area contributed by atoms with E-state index in [1.807, 2.05) is 32.0 Å². The number of carbonyl (C=O) groups excluding carboxylic acids is 1. The lowest BCUT2D eigenvalue weighted by Gasteiger charge is -2.09. The number of rotatable bonds is 6. The van der Waals surface area contributed by atoms with Crippen molar-refractivity contribution in [1.82, 2.24) is 25.9 Å². The van der Waals surface area contributed by atoms with Crippen molar-refractivity contribution in [3.63, 3.8) is 0 Å². The van der Waals surface area contributed by atoms with Gasteiger partial charge in [0.2, 0.25) is 5.91 Å². The molecule has 0 aliphatic rings. The molecule has 0 aliphatic heterocycles. The van der Waals surface area contributed by atoms with E-state index in [1.54, 1.807) is 0 Å². The van der Waals surface area contributed by atoms with E-state index in [0.717, 1.165) is 16.9 Å². The average Bonchev–Trinajstić information content (AvgIpc) is 2.93. The zero-order valence-electron chi connectivity index (χ0n) is 11.5. The third-order valence-corrected chi connectivity index (χ3v) is 2.76. The second kappa shape index (κ2) is 6.65. The maximum absolute atomic E-state index is 11.6. The number of aromatic nitrogens is 4. The molecule has 0 saturated carbocycles. The Labute approximate surface area is 116 Å². The zero-order valence-corrected chi connectivity index (χ0v) is 11.5. The zero-order chi connectivity index (χ0) is 14.4. The highest BCUT2D eigenvalue weighted by Gasteiger charge is 2.05. The van der Waals surface area contributed by atoms with Crippen molar-refractivity contribution in [2.75, 3.05) is 6.61 Å². The molecule has 0 bridgehead atoms. The van der Waals surface area contributed by atoms with Crippen LogP contribution in [-0.2, 0) is 11.3 Å². The molecule has 7 nitrogen and oxygen atoms in total. The van der Waals surface area contributed by atoms with Crippen LogP contribution in [0.15, 0.2) is 18.2 Å². The molecule has 0 aliphatic carbocycles. The molecule has 1 heterocycles. The third kappa shape index (κ3) is 4.04. The monoisotopic (exact) mass is 275 g/mol. The highest BCUT2D eigenvalue weighted by atomic mass is 16.5. The Balaban J connectivity index is 1.72. The van der Waals surface area contributed by atoms with Gasteiger partial charge in [-0.3, -0.25) is 4.79 Å². The Morgan fingerprint density at radius 2 is 2.25 bits per heavy atom. The van der Waals surface area contributed by atoms with E-state index in [1.165, 1.54) is 0 Å². The summed E-state index contributed by atoms with van der Waals surface area (Å²) in [6.07, 6.45) is 0.283. The summed E-state index contributed by atoms with van der Waals surface area (Å²) < 4.78 is 5.61. The third-order valence-electron chi connectivity index (χ3n) is 2.76. The summed E-state index contributed by atoms with van der Waals surface area (Å²) in [5, 5.41) is 15.9. The Hall–Kier alpha value is -2.44. The minimum absolute atomic E-state index is 0.111. The fourth-order valence-electron chi connectivity index (χ4n) is 1.64. The molecule has 20 heavy (non-hydrogen) atoms. The molecular formula is C13H17N5O2. The number of nitrogens with zero attached hydrogens (tertiary/aromatic N) is 3. The first-order valence-electron chi connectivity index (χ1n) is 6.34. The molecule has 7 heteroatoms. The van der Waals surface area contributed by atoms with E-state index < -0.39 is 0 Å². The van der Waals surface area contributed by atoms with Crippen LogP contribution in [-0.4, -0.2) is 33.1 Å². The number of tetrazole rings is 1. The van der Waals surface area contributed by atoms with Crippen LogP contribution < -0.4 is 10.1 Å². The van der Waals surface area contributed by atoms with Gasteiger partial charge >= 0.3 is 0 Å². The fourth-order valence-corrected chi connectivity index (χ4v) is 1.64. The summed E-state index contributed by atoms with van der Waals surface area (Å²) in [5.74, 6) is 1.16. The van der Waals surface area contributed by atoms with E-state index in [0.29, 0.717) is 12.4 Å². The van der Waals surface area contributed by atoms with Crippen LogP contribution in [0.2, 0.25) is 0 Å². The predicted molar refractivity (Wildman–Crippen MR) is 72.1 cm³/mol. The van der Waals surface area contributed by atoms with Crippen molar-refractivity contribution in [2.45, 2.75) is 26.8 Å². The first-order chi connectivity index (χ1) is 9.65. The van der Waals surface area contributed by atoms with Gasteiger partial charge in [-0.15, -0.1) is 10.2 Å². The molecule has 2 N–H and O–H groups in total. The molecule has 1 aromatic carbocycles. The molecule has 2 rings (SSSR count). The van der Waals surface area contributed by atoms with Gasteiger partial charge in [0, 0.05) is 0 Å². The van der Waals surface area contributed by atoms with Crippen molar-refractivity contribution in [3.05, 3.63) is 35.2 Å². The van der Waals surface area contributed by atoms with E-state index in [9.17, 15) is 4.79 Å². The standard InChI is InChI=1S/C13H17N5O2/c1-9-3-4-10(2)11(7-9)20-6-5-13(19)14-8-12-15-17-18-16-12/h3-4,7H,5-6,8H2,1-2H3,(H,14,19)(H,15,16,17,18). The molecule has 2 aromatic rings. The van der Waals surface area contributed by atoms with E-state index in [2.05, 4.69) is 25.9 Å². The number of ether oxygens (including phenoxy) is 1. The largest absolute Gasteiger partial charge is 0.493 e. The topological polar surface area (TPSA) is 92.8 Å². The minimum Gasteiger partial charge on any atom is -0.493 e.